The molecule has 0 heterocycles. The molecule has 0 aromatic carbocycles. The summed E-state index contributed by atoms with van der Waals surface area (Å²) in [6, 6.07) is 0. The molecule has 2 aliphatic carbocycles. The number of hydrogen-bond acceptors (Lipinski definition) is 6. The van der Waals surface area contributed by atoms with Crippen LogP contribution in [0.3, 0.4) is 0 Å². The Morgan fingerprint density at radius 3 is 1.51 bits per heavy atom. The summed E-state index contributed by atoms with van der Waals surface area (Å²) >= 11 is 0. The highest BCUT2D eigenvalue weighted by Gasteiger charge is 2.40. The van der Waals surface area contributed by atoms with E-state index in [1.54, 1.807) is 28.2 Å². The maximum Gasteiger partial charge on any atom is 0.215 e. The molecule has 0 aliphatic heterocycles. The van der Waals surface area contributed by atoms with Crippen LogP contribution in [-0.4, -0.2) is 85.2 Å². The van der Waals surface area contributed by atoms with Crippen molar-refractivity contribution in [1.82, 2.24) is 13.3 Å². The maximum atomic E-state index is 12.4. The Labute approximate surface area is 223 Å². The summed E-state index contributed by atoms with van der Waals surface area (Å²) in [5.74, 6) is 0.113. The van der Waals surface area contributed by atoms with Gasteiger partial charge in [0.05, 0.1) is 27.2 Å². The number of nitrogens with zero attached hydrogens (tertiary/aromatic N) is 2. The Bertz CT molecular complexity index is 875. The van der Waals surface area contributed by atoms with E-state index >= 15 is 0 Å². The molecule has 13 heteroatoms. The van der Waals surface area contributed by atoms with Gasteiger partial charge in [-0.1, -0.05) is 38.5 Å². The van der Waals surface area contributed by atoms with Crippen molar-refractivity contribution < 1.29 is 21.0 Å². The first-order valence-corrected chi connectivity index (χ1v) is 16.5. The molecule has 0 radical (unpaired) electrons. The van der Waals surface area contributed by atoms with Gasteiger partial charge in [0.15, 0.2) is 0 Å². The van der Waals surface area contributed by atoms with Crippen molar-refractivity contribution in [3.05, 3.63) is 0 Å². The highest BCUT2D eigenvalue weighted by Crippen LogP contribution is 2.31. The molecule has 0 saturated heterocycles. The lowest BCUT2D eigenvalue weighted by molar-refractivity contribution is 0.295. The van der Waals surface area contributed by atoms with Crippen LogP contribution in [0.15, 0.2) is 0 Å². The van der Waals surface area contributed by atoms with Gasteiger partial charge in [0.2, 0.25) is 20.0 Å². The molecule has 2 rings (SSSR count). The SMILES string of the molecule is CN(C)S(=O)(=O)CC1(N)CCCCC1.CN(C)S(=O)(=O)CC1(N[S@@](=O)C(C)(C)C)CCCCC1.Cl. The van der Waals surface area contributed by atoms with E-state index in [9.17, 15) is 21.0 Å². The van der Waals surface area contributed by atoms with Crippen molar-refractivity contribution in [2.45, 2.75) is 101 Å². The van der Waals surface area contributed by atoms with Crippen LogP contribution in [0.25, 0.3) is 0 Å². The summed E-state index contributed by atoms with van der Waals surface area (Å²) in [6.45, 7) is 5.69. The summed E-state index contributed by atoms with van der Waals surface area (Å²) in [7, 11) is -1.50. The third kappa shape index (κ3) is 11.6. The molecule has 212 valence electrons. The Kier molecular flexibility index (Phi) is 13.9. The molecule has 2 saturated carbocycles. The average molecular weight is 581 g/mol. The van der Waals surface area contributed by atoms with E-state index in [1.165, 1.54) is 15.0 Å². The van der Waals surface area contributed by atoms with Crippen LogP contribution in [0.1, 0.15) is 85.0 Å². The van der Waals surface area contributed by atoms with Crippen molar-refractivity contribution in [3.63, 3.8) is 0 Å². The van der Waals surface area contributed by atoms with Crippen molar-refractivity contribution in [3.8, 4) is 0 Å². The summed E-state index contributed by atoms with van der Waals surface area (Å²) in [4.78, 5) is 0. The smallest absolute Gasteiger partial charge is 0.215 e. The topological polar surface area (TPSA) is 130 Å². The summed E-state index contributed by atoms with van der Waals surface area (Å²) < 4.78 is 65.4. The number of sulfonamides is 2. The molecule has 2 fully saturated rings. The van der Waals surface area contributed by atoms with E-state index in [0.29, 0.717) is 0 Å². The maximum absolute atomic E-state index is 12.4. The molecule has 0 bridgehead atoms. The van der Waals surface area contributed by atoms with Gasteiger partial charge < -0.3 is 5.73 Å². The quantitative estimate of drug-likeness (QED) is 0.454. The van der Waals surface area contributed by atoms with Crippen LogP contribution in [0.5, 0.6) is 0 Å². The lowest BCUT2D eigenvalue weighted by Crippen LogP contribution is -2.56. The Balaban J connectivity index is 0.000000680. The molecular weight excluding hydrogens is 532 g/mol. The second-order valence-electron chi connectivity index (χ2n) is 11.3. The number of nitrogens with two attached hydrogens (primary N) is 1. The van der Waals surface area contributed by atoms with Gasteiger partial charge in [0.25, 0.3) is 0 Å². The minimum atomic E-state index is -3.31. The van der Waals surface area contributed by atoms with E-state index in [2.05, 4.69) is 4.72 Å². The third-order valence-corrected chi connectivity index (χ3v) is 12.4. The van der Waals surface area contributed by atoms with Crippen LogP contribution in [-0.2, 0) is 31.0 Å². The van der Waals surface area contributed by atoms with E-state index in [4.69, 9.17) is 5.73 Å². The summed E-state index contributed by atoms with van der Waals surface area (Å²) in [5.41, 5.74) is 5.04. The number of rotatable bonds is 8. The van der Waals surface area contributed by atoms with Crippen molar-refractivity contribution in [1.29, 1.82) is 0 Å². The zero-order valence-electron chi connectivity index (χ0n) is 22.6. The minimum Gasteiger partial charge on any atom is -0.324 e. The lowest BCUT2D eigenvalue weighted by Gasteiger charge is -2.39. The van der Waals surface area contributed by atoms with Crippen molar-refractivity contribution >= 4 is 43.4 Å². The Morgan fingerprint density at radius 1 is 0.771 bits per heavy atom. The highest BCUT2D eigenvalue weighted by molar-refractivity contribution is 7.89. The molecule has 9 nitrogen and oxygen atoms in total. The van der Waals surface area contributed by atoms with Crippen LogP contribution in [0.4, 0.5) is 0 Å². The third-order valence-electron chi connectivity index (χ3n) is 6.57. The first kappa shape index (κ1) is 35.2. The van der Waals surface area contributed by atoms with Gasteiger partial charge in [-0.25, -0.2) is 34.4 Å². The fourth-order valence-electron chi connectivity index (χ4n) is 4.23. The fourth-order valence-corrected chi connectivity index (χ4v) is 7.88. The molecule has 0 aromatic rings. The van der Waals surface area contributed by atoms with E-state index in [1.807, 2.05) is 20.8 Å². The van der Waals surface area contributed by atoms with Gasteiger partial charge in [-0.05, 0) is 46.5 Å². The standard InChI is InChI=1S/C13H28N2O3S2.C9H20N2O2S.ClH/c1-12(2,3)19(16)14-13(9-7-6-8-10-13)11-20(17,18)15(4)5;1-11(2)14(12,13)8-9(10)6-4-3-5-7-9;/h14H,6-11H2,1-5H3;3-8,10H2,1-2H3;1H/t19-;;/m0../s1. The zero-order chi connectivity index (χ0) is 26.4. The second-order valence-corrected chi connectivity index (χ2v) is 17.7. The molecular formula is C22H49ClN4O5S3. The number of halogens is 1. The molecule has 0 spiro atoms. The molecule has 1 atom stereocenters. The minimum absolute atomic E-state index is 0. The first-order chi connectivity index (χ1) is 15.3. The number of hydrogen-bond donors (Lipinski definition) is 2. The largest absolute Gasteiger partial charge is 0.324 e. The fraction of sp³-hybridized carbons (Fsp3) is 1.00. The predicted octanol–water partition coefficient (Wildman–Crippen LogP) is 2.59. The molecule has 0 unspecified atom stereocenters. The van der Waals surface area contributed by atoms with Crippen LogP contribution >= 0.6 is 12.4 Å². The molecule has 0 amide bonds. The van der Waals surface area contributed by atoms with Gasteiger partial charge in [-0.2, -0.15) is 0 Å². The second kappa shape index (κ2) is 13.8. The van der Waals surface area contributed by atoms with E-state index in [0.717, 1.165) is 57.8 Å². The van der Waals surface area contributed by atoms with Crippen molar-refractivity contribution in [2.75, 3.05) is 39.7 Å². The summed E-state index contributed by atoms with van der Waals surface area (Å²) in [6.07, 6.45) is 9.58. The monoisotopic (exact) mass is 580 g/mol. The van der Waals surface area contributed by atoms with Gasteiger partial charge in [-0.15, -0.1) is 12.4 Å². The molecule has 2 aliphatic rings. The van der Waals surface area contributed by atoms with Crippen LogP contribution in [0, 0.1) is 0 Å². The predicted molar refractivity (Wildman–Crippen MR) is 149 cm³/mol. The van der Waals surface area contributed by atoms with Gasteiger partial charge in [0, 0.05) is 39.3 Å². The number of nitrogens with one attached hydrogen (secondary N) is 1. The van der Waals surface area contributed by atoms with E-state index < -0.39 is 46.9 Å². The van der Waals surface area contributed by atoms with Gasteiger partial charge in [0.1, 0.15) is 0 Å². The first-order valence-electron chi connectivity index (χ1n) is 12.1. The Morgan fingerprint density at radius 2 is 1.14 bits per heavy atom. The Hall–Kier alpha value is 0.180. The summed E-state index contributed by atoms with van der Waals surface area (Å²) in [5, 5.41) is 0. The lowest BCUT2D eigenvalue weighted by atomic mass is 9.84. The normalized spacial score (nSPS) is 21.5. The van der Waals surface area contributed by atoms with Crippen LogP contribution < -0.4 is 10.5 Å². The highest BCUT2D eigenvalue weighted by atomic mass is 35.5. The van der Waals surface area contributed by atoms with Crippen LogP contribution in [0.2, 0.25) is 0 Å². The van der Waals surface area contributed by atoms with Gasteiger partial charge in [-0.3, -0.25) is 0 Å². The zero-order valence-corrected chi connectivity index (χ0v) is 25.9. The van der Waals surface area contributed by atoms with Crippen molar-refractivity contribution in [2.24, 2.45) is 5.73 Å². The molecule has 35 heavy (non-hydrogen) atoms. The van der Waals surface area contributed by atoms with E-state index in [-0.39, 0.29) is 23.9 Å². The molecule has 3 N–H and O–H groups in total. The van der Waals surface area contributed by atoms with Gasteiger partial charge >= 0.3 is 0 Å². The average Bonchev–Trinajstić information content (AvgIpc) is 2.67. The molecule has 0 aromatic heterocycles.